The molecule has 1 aromatic heterocycles. The fourth-order valence-electron chi connectivity index (χ4n) is 2.98. The molecular weight excluding hydrogens is 334 g/mol. The number of carbonyl (C=O) groups excluding carboxylic acids is 1. The molecule has 2 heterocycles. The first-order valence-corrected chi connectivity index (χ1v) is 9.56. The summed E-state index contributed by atoms with van der Waals surface area (Å²) in [6.07, 6.45) is 0. The summed E-state index contributed by atoms with van der Waals surface area (Å²) in [7, 11) is 2.15. The number of amides is 1. The number of piperazine rings is 1. The first-order valence-electron chi connectivity index (χ1n) is 8.61. The molecule has 5 nitrogen and oxygen atoms in total. The molecule has 0 bridgehead atoms. The van der Waals surface area contributed by atoms with Crippen LogP contribution in [0.15, 0.2) is 47.2 Å². The summed E-state index contributed by atoms with van der Waals surface area (Å²) in [6.45, 7) is 4.82. The van der Waals surface area contributed by atoms with Crippen molar-refractivity contribution in [2.45, 2.75) is 6.04 Å². The molecule has 25 heavy (non-hydrogen) atoms. The van der Waals surface area contributed by atoms with Crippen molar-refractivity contribution in [1.82, 2.24) is 15.1 Å². The lowest BCUT2D eigenvalue weighted by Crippen LogP contribution is -2.48. The summed E-state index contributed by atoms with van der Waals surface area (Å²) in [5, 5.41) is 7.31. The summed E-state index contributed by atoms with van der Waals surface area (Å²) in [6, 6.07) is 11.8. The number of para-hydroxylation sites is 1. The molecule has 134 valence electrons. The molecule has 0 saturated carbocycles. The third-order valence-electron chi connectivity index (χ3n) is 4.51. The van der Waals surface area contributed by atoms with Crippen LogP contribution in [0.25, 0.3) is 0 Å². The van der Waals surface area contributed by atoms with E-state index in [-0.39, 0.29) is 18.6 Å². The van der Waals surface area contributed by atoms with Crippen molar-refractivity contribution in [3.8, 4) is 5.75 Å². The van der Waals surface area contributed by atoms with Gasteiger partial charge in [-0.05, 0) is 41.6 Å². The number of thiophene rings is 1. The summed E-state index contributed by atoms with van der Waals surface area (Å²) in [4.78, 5) is 17.0. The van der Waals surface area contributed by atoms with Crippen molar-refractivity contribution in [3.05, 3.63) is 52.7 Å². The lowest BCUT2D eigenvalue weighted by atomic mass is 10.1. The molecule has 1 atom stereocenters. The fourth-order valence-corrected chi connectivity index (χ4v) is 3.69. The van der Waals surface area contributed by atoms with Crippen molar-refractivity contribution in [3.63, 3.8) is 0 Å². The average Bonchev–Trinajstić information content (AvgIpc) is 3.17. The van der Waals surface area contributed by atoms with Gasteiger partial charge in [0, 0.05) is 32.7 Å². The molecule has 1 N–H and O–H groups in total. The van der Waals surface area contributed by atoms with Crippen molar-refractivity contribution in [2.24, 2.45) is 0 Å². The Morgan fingerprint density at radius 2 is 1.96 bits per heavy atom. The van der Waals surface area contributed by atoms with Crippen LogP contribution in [-0.4, -0.2) is 62.1 Å². The van der Waals surface area contributed by atoms with E-state index < -0.39 is 0 Å². The van der Waals surface area contributed by atoms with Crippen LogP contribution in [0.5, 0.6) is 5.75 Å². The second-order valence-corrected chi connectivity index (χ2v) is 7.10. The van der Waals surface area contributed by atoms with Crippen LogP contribution >= 0.6 is 11.3 Å². The monoisotopic (exact) mass is 359 g/mol. The number of nitrogens with zero attached hydrogens (tertiary/aromatic N) is 2. The highest BCUT2D eigenvalue weighted by Crippen LogP contribution is 2.23. The van der Waals surface area contributed by atoms with Gasteiger partial charge in [0.15, 0.2) is 6.61 Å². The molecule has 1 saturated heterocycles. The topological polar surface area (TPSA) is 44.8 Å². The SMILES string of the molecule is CN1CCN([C@@H](CNC(=O)COc2ccccc2)c2ccsc2)CC1. The lowest BCUT2D eigenvalue weighted by molar-refractivity contribution is -0.123. The number of benzene rings is 1. The van der Waals surface area contributed by atoms with E-state index in [0.29, 0.717) is 12.3 Å². The van der Waals surface area contributed by atoms with Crippen LogP contribution < -0.4 is 10.1 Å². The number of nitrogens with one attached hydrogen (secondary N) is 1. The molecule has 1 aromatic carbocycles. The van der Waals surface area contributed by atoms with E-state index in [0.717, 1.165) is 26.2 Å². The molecular formula is C19H25N3O2S. The molecule has 0 spiro atoms. The molecule has 3 rings (SSSR count). The number of hydrogen-bond acceptors (Lipinski definition) is 5. The minimum absolute atomic E-state index is 0.0448. The van der Waals surface area contributed by atoms with E-state index in [1.165, 1.54) is 5.56 Å². The number of ether oxygens (including phenoxy) is 1. The van der Waals surface area contributed by atoms with E-state index in [9.17, 15) is 4.79 Å². The van der Waals surface area contributed by atoms with Gasteiger partial charge in [0.25, 0.3) is 5.91 Å². The van der Waals surface area contributed by atoms with Gasteiger partial charge < -0.3 is 15.0 Å². The van der Waals surface area contributed by atoms with Gasteiger partial charge in [-0.3, -0.25) is 9.69 Å². The van der Waals surface area contributed by atoms with Gasteiger partial charge in [0.05, 0.1) is 6.04 Å². The number of rotatable bonds is 7. The zero-order chi connectivity index (χ0) is 17.5. The predicted molar refractivity (Wildman–Crippen MR) is 101 cm³/mol. The summed E-state index contributed by atoms with van der Waals surface area (Å²) in [5.74, 6) is 0.629. The van der Waals surface area contributed by atoms with Crippen LogP contribution in [0.2, 0.25) is 0 Å². The number of carbonyl (C=O) groups is 1. The Hall–Kier alpha value is -1.89. The van der Waals surface area contributed by atoms with Crippen LogP contribution in [0.1, 0.15) is 11.6 Å². The van der Waals surface area contributed by atoms with Crippen molar-refractivity contribution in [1.29, 1.82) is 0 Å². The van der Waals surface area contributed by atoms with Gasteiger partial charge >= 0.3 is 0 Å². The Balaban J connectivity index is 1.52. The Bertz CT molecular complexity index is 640. The largest absolute Gasteiger partial charge is 0.484 e. The second-order valence-electron chi connectivity index (χ2n) is 6.32. The van der Waals surface area contributed by atoms with E-state index in [1.807, 2.05) is 30.3 Å². The summed E-state index contributed by atoms with van der Waals surface area (Å²) < 4.78 is 5.52. The van der Waals surface area contributed by atoms with Crippen molar-refractivity contribution in [2.75, 3.05) is 46.4 Å². The van der Waals surface area contributed by atoms with Gasteiger partial charge in [-0.2, -0.15) is 11.3 Å². The van der Waals surface area contributed by atoms with Crippen LogP contribution in [0, 0.1) is 0 Å². The molecule has 0 radical (unpaired) electrons. The van der Waals surface area contributed by atoms with Gasteiger partial charge in [0.1, 0.15) is 5.75 Å². The molecule has 2 aromatic rings. The fraction of sp³-hybridized carbons (Fsp3) is 0.421. The van der Waals surface area contributed by atoms with Crippen LogP contribution in [0.3, 0.4) is 0 Å². The highest BCUT2D eigenvalue weighted by molar-refractivity contribution is 7.07. The maximum atomic E-state index is 12.2. The molecule has 1 aliphatic heterocycles. The summed E-state index contributed by atoms with van der Waals surface area (Å²) >= 11 is 1.70. The third kappa shape index (κ3) is 5.29. The van der Waals surface area contributed by atoms with Gasteiger partial charge in [0.2, 0.25) is 0 Å². The molecule has 1 amide bonds. The molecule has 1 aliphatic rings. The Labute approximate surface area is 153 Å². The van der Waals surface area contributed by atoms with E-state index in [4.69, 9.17) is 4.74 Å². The first-order chi connectivity index (χ1) is 12.2. The Kier molecular flexibility index (Phi) is 6.44. The van der Waals surface area contributed by atoms with Gasteiger partial charge in [-0.25, -0.2) is 0 Å². The number of likely N-dealkylation sites (N-methyl/N-ethyl adjacent to an activating group) is 1. The van der Waals surface area contributed by atoms with Crippen molar-refractivity contribution < 1.29 is 9.53 Å². The second kappa shape index (κ2) is 8.99. The smallest absolute Gasteiger partial charge is 0.258 e. The zero-order valence-corrected chi connectivity index (χ0v) is 15.4. The Morgan fingerprint density at radius 3 is 2.64 bits per heavy atom. The first kappa shape index (κ1) is 17.9. The highest BCUT2D eigenvalue weighted by atomic mass is 32.1. The molecule has 0 unspecified atom stereocenters. The normalized spacial score (nSPS) is 17.2. The maximum Gasteiger partial charge on any atom is 0.258 e. The lowest BCUT2D eigenvalue weighted by Gasteiger charge is -2.38. The van der Waals surface area contributed by atoms with Crippen LogP contribution in [-0.2, 0) is 4.79 Å². The third-order valence-corrected chi connectivity index (χ3v) is 5.21. The maximum absolute atomic E-state index is 12.2. The summed E-state index contributed by atoms with van der Waals surface area (Å²) in [5.41, 5.74) is 1.28. The highest BCUT2D eigenvalue weighted by Gasteiger charge is 2.24. The molecule has 0 aliphatic carbocycles. The van der Waals surface area contributed by atoms with Crippen molar-refractivity contribution >= 4 is 17.2 Å². The minimum Gasteiger partial charge on any atom is -0.484 e. The minimum atomic E-state index is -0.0850. The number of hydrogen-bond donors (Lipinski definition) is 1. The predicted octanol–water partition coefficient (Wildman–Crippen LogP) is 2.23. The van der Waals surface area contributed by atoms with E-state index >= 15 is 0 Å². The van der Waals surface area contributed by atoms with Crippen LogP contribution in [0.4, 0.5) is 0 Å². The van der Waals surface area contributed by atoms with E-state index in [2.05, 4.69) is 39.0 Å². The molecule has 6 heteroatoms. The van der Waals surface area contributed by atoms with E-state index in [1.54, 1.807) is 11.3 Å². The average molecular weight is 359 g/mol. The van der Waals surface area contributed by atoms with Gasteiger partial charge in [-0.15, -0.1) is 0 Å². The molecule has 1 fully saturated rings. The quantitative estimate of drug-likeness (QED) is 0.823. The zero-order valence-electron chi connectivity index (χ0n) is 14.6. The Morgan fingerprint density at radius 1 is 1.20 bits per heavy atom. The standard InChI is InChI=1S/C19H25N3O2S/c1-21-8-10-22(11-9-21)18(16-7-12-25-15-16)13-20-19(23)14-24-17-5-3-2-4-6-17/h2-7,12,15,18H,8-11,13-14H2,1H3,(H,20,23)/t18-/m0/s1. The van der Waals surface area contributed by atoms with Gasteiger partial charge in [-0.1, -0.05) is 18.2 Å².